The van der Waals surface area contributed by atoms with Crippen molar-refractivity contribution in [2.75, 3.05) is 9.80 Å². The summed E-state index contributed by atoms with van der Waals surface area (Å²) in [6.07, 6.45) is 0. The Morgan fingerprint density at radius 3 is 1.32 bits per heavy atom. The van der Waals surface area contributed by atoms with Gasteiger partial charge in [0.05, 0.1) is 11.4 Å². The molecule has 0 aromatic heterocycles. The number of nitrogens with zero attached hydrogens (tertiary/aromatic N) is 2. The van der Waals surface area contributed by atoms with Crippen LogP contribution in [0.1, 0.15) is 0 Å². The van der Waals surface area contributed by atoms with Gasteiger partial charge in [-0.2, -0.15) is 0 Å². The highest BCUT2D eigenvalue weighted by atomic mass is 32.1. The van der Waals surface area contributed by atoms with Crippen molar-refractivity contribution in [2.24, 2.45) is 0 Å². The molecule has 1 aliphatic heterocycles. The second kappa shape index (κ2) is 5.27. The lowest BCUT2D eigenvalue weighted by Gasteiger charge is -2.18. The molecule has 0 unspecified atom stereocenters. The van der Waals surface area contributed by atoms with Crippen LogP contribution in [0.4, 0.5) is 20.2 Å². The van der Waals surface area contributed by atoms with Gasteiger partial charge >= 0.3 is 11.8 Å². The average Bonchev–Trinajstić information content (AvgIpc) is 2.72. The minimum absolute atomic E-state index is 0.0618. The first kappa shape index (κ1) is 14.3. The van der Waals surface area contributed by atoms with Crippen molar-refractivity contribution in [1.29, 1.82) is 0 Å². The molecule has 0 N–H and O–H groups in total. The molecule has 1 saturated heterocycles. The van der Waals surface area contributed by atoms with E-state index in [1.165, 1.54) is 24.3 Å². The summed E-state index contributed by atoms with van der Waals surface area (Å²) in [4.78, 5) is 26.3. The quantitative estimate of drug-likeness (QED) is 0.631. The van der Waals surface area contributed by atoms with E-state index in [9.17, 15) is 18.4 Å². The fourth-order valence-corrected chi connectivity index (χ4v) is 2.48. The maximum Gasteiger partial charge on any atom is 0.323 e. The van der Waals surface area contributed by atoms with E-state index in [0.717, 1.165) is 34.1 Å². The second-order valence-corrected chi connectivity index (χ2v) is 4.88. The normalized spacial score (nSPS) is 14.9. The van der Waals surface area contributed by atoms with Crippen LogP contribution in [0.2, 0.25) is 0 Å². The van der Waals surface area contributed by atoms with Gasteiger partial charge in [-0.05, 0) is 60.7 Å². The summed E-state index contributed by atoms with van der Waals surface area (Å²) >= 11 is 5.17. The van der Waals surface area contributed by atoms with Crippen molar-refractivity contribution in [2.45, 2.75) is 0 Å². The van der Waals surface area contributed by atoms with Crippen LogP contribution in [0.15, 0.2) is 48.5 Å². The number of hydrogen-bond acceptors (Lipinski definition) is 3. The molecule has 2 aromatic carbocycles. The molecular weight excluding hydrogens is 310 g/mol. The third-order valence-electron chi connectivity index (χ3n) is 3.14. The molecule has 22 heavy (non-hydrogen) atoms. The zero-order valence-electron chi connectivity index (χ0n) is 11.0. The van der Waals surface area contributed by atoms with Gasteiger partial charge in [0.25, 0.3) is 0 Å². The Balaban J connectivity index is 2.00. The standard InChI is InChI=1S/C15H8F2N2O2S/c16-9-1-5-11(6-2-9)18-13(20)14(21)19(15(18)22)12-7-3-10(17)4-8-12/h1-8H. The summed E-state index contributed by atoms with van der Waals surface area (Å²) in [6, 6.07) is 10.0. The Hall–Kier alpha value is -2.67. The molecule has 0 radical (unpaired) electrons. The van der Waals surface area contributed by atoms with Crippen molar-refractivity contribution in [3.8, 4) is 0 Å². The van der Waals surface area contributed by atoms with E-state index in [0.29, 0.717) is 0 Å². The van der Waals surface area contributed by atoms with Gasteiger partial charge in [-0.25, -0.2) is 18.6 Å². The molecule has 0 spiro atoms. The lowest BCUT2D eigenvalue weighted by molar-refractivity contribution is -0.133. The molecule has 4 nitrogen and oxygen atoms in total. The van der Waals surface area contributed by atoms with Crippen molar-refractivity contribution in [1.82, 2.24) is 0 Å². The maximum atomic E-state index is 13.0. The SMILES string of the molecule is O=C1C(=O)N(c2ccc(F)cc2)C(=S)N1c1ccc(F)cc1. The number of thiocarbonyl (C=S) groups is 1. The Labute approximate surface area is 129 Å². The van der Waals surface area contributed by atoms with Gasteiger partial charge in [0.15, 0.2) is 5.11 Å². The number of rotatable bonds is 2. The highest BCUT2D eigenvalue weighted by Crippen LogP contribution is 2.27. The minimum atomic E-state index is -0.846. The predicted octanol–water partition coefficient (Wildman–Crippen LogP) is 2.63. The van der Waals surface area contributed by atoms with Crippen molar-refractivity contribution in [3.05, 3.63) is 60.2 Å². The first-order valence-electron chi connectivity index (χ1n) is 6.22. The summed E-state index contributed by atoms with van der Waals surface area (Å²) in [5.74, 6) is -2.63. The number of carbonyl (C=O) groups is 2. The molecule has 7 heteroatoms. The highest BCUT2D eigenvalue weighted by molar-refractivity contribution is 7.81. The van der Waals surface area contributed by atoms with Gasteiger partial charge in [0.1, 0.15) is 11.6 Å². The minimum Gasteiger partial charge on any atom is -0.263 e. The Bertz CT molecular complexity index is 710. The van der Waals surface area contributed by atoms with E-state index >= 15 is 0 Å². The van der Waals surface area contributed by atoms with Gasteiger partial charge < -0.3 is 0 Å². The summed E-state index contributed by atoms with van der Waals surface area (Å²) in [5.41, 5.74) is 0.573. The van der Waals surface area contributed by atoms with Crippen molar-refractivity contribution < 1.29 is 18.4 Å². The van der Waals surface area contributed by atoms with E-state index in [4.69, 9.17) is 12.2 Å². The molecule has 2 aromatic rings. The molecule has 0 aliphatic carbocycles. The topological polar surface area (TPSA) is 40.6 Å². The van der Waals surface area contributed by atoms with Crippen LogP contribution < -0.4 is 9.80 Å². The van der Waals surface area contributed by atoms with Crippen molar-refractivity contribution >= 4 is 40.5 Å². The summed E-state index contributed by atoms with van der Waals surface area (Å²) < 4.78 is 25.9. The van der Waals surface area contributed by atoms with Gasteiger partial charge in [0, 0.05) is 0 Å². The Morgan fingerprint density at radius 2 is 1.00 bits per heavy atom. The first-order valence-corrected chi connectivity index (χ1v) is 6.63. The molecule has 1 fully saturated rings. The van der Waals surface area contributed by atoms with E-state index in [1.807, 2.05) is 0 Å². The summed E-state index contributed by atoms with van der Waals surface area (Å²) in [6.45, 7) is 0. The number of halogens is 2. The highest BCUT2D eigenvalue weighted by Gasteiger charge is 2.43. The van der Waals surface area contributed by atoms with Crippen LogP contribution in [-0.4, -0.2) is 16.9 Å². The van der Waals surface area contributed by atoms with Gasteiger partial charge in [0.2, 0.25) is 0 Å². The molecule has 0 atom stereocenters. The van der Waals surface area contributed by atoms with E-state index < -0.39 is 23.4 Å². The fourth-order valence-electron chi connectivity index (χ4n) is 2.10. The molecular formula is C15H8F2N2O2S. The molecule has 1 aliphatic rings. The average molecular weight is 318 g/mol. The molecule has 3 rings (SSSR count). The number of carbonyl (C=O) groups excluding carboxylic acids is 2. The third-order valence-corrected chi connectivity index (χ3v) is 3.51. The van der Waals surface area contributed by atoms with Crippen molar-refractivity contribution in [3.63, 3.8) is 0 Å². The largest absolute Gasteiger partial charge is 0.323 e. The van der Waals surface area contributed by atoms with Gasteiger partial charge in [-0.1, -0.05) is 0 Å². The summed E-state index contributed by atoms with van der Waals surface area (Å²) in [5, 5.41) is -0.0618. The lowest BCUT2D eigenvalue weighted by Crippen LogP contribution is -2.33. The Morgan fingerprint density at radius 1 is 0.682 bits per heavy atom. The molecule has 0 bridgehead atoms. The van der Waals surface area contributed by atoms with E-state index in [2.05, 4.69) is 0 Å². The van der Waals surface area contributed by atoms with E-state index in [-0.39, 0.29) is 16.5 Å². The fraction of sp³-hybridized carbons (Fsp3) is 0. The van der Waals surface area contributed by atoms with Crippen LogP contribution in [-0.2, 0) is 9.59 Å². The smallest absolute Gasteiger partial charge is 0.263 e. The maximum absolute atomic E-state index is 13.0. The molecule has 0 saturated carbocycles. The monoisotopic (exact) mass is 318 g/mol. The zero-order chi connectivity index (χ0) is 15.9. The number of benzene rings is 2. The van der Waals surface area contributed by atoms with Gasteiger partial charge in [-0.3, -0.25) is 9.59 Å². The third kappa shape index (κ3) is 2.25. The summed E-state index contributed by atoms with van der Waals surface area (Å²) in [7, 11) is 0. The number of hydrogen-bond donors (Lipinski definition) is 0. The van der Waals surface area contributed by atoms with E-state index in [1.54, 1.807) is 0 Å². The second-order valence-electron chi connectivity index (χ2n) is 4.52. The van der Waals surface area contributed by atoms with Crippen LogP contribution in [0.3, 0.4) is 0 Å². The molecule has 110 valence electrons. The van der Waals surface area contributed by atoms with Crippen LogP contribution in [0, 0.1) is 11.6 Å². The number of amides is 2. The Kier molecular flexibility index (Phi) is 3.42. The van der Waals surface area contributed by atoms with Crippen LogP contribution >= 0.6 is 12.2 Å². The molecule has 1 heterocycles. The first-order chi connectivity index (χ1) is 10.5. The predicted molar refractivity (Wildman–Crippen MR) is 80.4 cm³/mol. The van der Waals surface area contributed by atoms with Gasteiger partial charge in [-0.15, -0.1) is 0 Å². The molecule has 2 amide bonds. The number of anilines is 2. The lowest BCUT2D eigenvalue weighted by atomic mass is 10.3. The van der Waals surface area contributed by atoms with Crippen LogP contribution in [0.5, 0.6) is 0 Å². The zero-order valence-corrected chi connectivity index (χ0v) is 11.8. The van der Waals surface area contributed by atoms with Crippen LogP contribution in [0.25, 0.3) is 0 Å².